The van der Waals surface area contributed by atoms with Gasteiger partial charge in [-0.25, -0.2) is 15.0 Å². The lowest BCUT2D eigenvalue weighted by Gasteiger charge is -2.20. The average molecular weight is 687 g/mol. The first-order valence-electron chi connectivity index (χ1n) is 18.4. The van der Waals surface area contributed by atoms with Crippen molar-refractivity contribution in [2.75, 3.05) is 0 Å². The highest BCUT2D eigenvalue weighted by Crippen LogP contribution is 2.39. The third-order valence-electron chi connectivity index (χ3n) is 11.2. The van der Waals surface area contributed by atoms with Crippen LogP contribution in [0.15, 0.2) is 150 Å². The molecule has 0 radical (unpaired) electrons. The number of aromatic nitrogens is 3. The topological polar surface area (TPSA) is 51.8 Å². The molecule has 9 rings (SSSR count). The van der Waals surface area contributed by atoms with Gasteiger partial charge < -0.3 is 4.42 Å². The highest BCUT2D eigenvalue weighted by Gasteiger charge is 2.18. The second-order valence-corrected chi connectivity index (χ2v) is 14.2. The quantitative estimate of drug-likeness (QED) is 0.253. The van der Waals surface area contributed by atoms with E-state index < -0.39 is 0 Å². The number of benzene rings is 7. The van der Waals surface area contributed by atoms with E-state index in [1.807, 2.05) is 54.6 Å². The Balaban J connectivity index is 1.15. The Labute approximate surface area is 319 Å². The third-order valence-corrected chi connectivity index (χ3v) is 11.2. The number of fused-ring (bicyclic) bond motifs is 3. The van der Waals surface area contributed by atoms with E-state index in [1.165, 1.54) is 49.6 Å². The Morgan fingerprint density at radius 2 is 0.815 bits per heavy atom. The van der Waals surface area contributed by atoms with Crippen LogP contribution in [0.25, 0.3) is 89.5 Å². The van der Waals surface area contributed by atoms with Crippen molar-refractivity contribution in [3.63, 3.8) is 0 Å². The molecule has 2 aromatic heterocycles. The number of furan rings is 1. The molecule has 0 amide bonds. The third kappa shape index (κ3) is 5.86. The largest absolute Gasteiger partial charge is 0.456 e. The minimum absolute atomic E-state index is 0.611. The van der Waals surface area contributed by atoms with E-state index in [-0.39, 0.29) is 0 Å². The van der Waals surface area contributed by atoms with Crippen molar-refractivity contribution in [1.82, 2.24) is 15.0 Å². The maximum absolute atomic E-state index is 6.42. The van der Waals surface area contributed by atoms with E-state index in [0.29, 0.717) is 17.5 Å². The zero-order valence-electron chi connectivity index (χ0n) is 31.1. The monoisotopic (exact) mass is 687 g/mol. The molecule has 2 heterocycles. The molecule has 0 unspecified atom stereocenters. The minimum atomic E-state index is 0.611. The molecule has 0 bridgehead atoms. The number of nitrogens with zero attached hydrogens (tertiary/aromatic N) is 3. The van der Waals surface area contributed by atoms with Crippen molar-refractivity contribution in [1.29, 1.82) is 0 Å². The zero-order chi connectivity index (χ0) is 36.9. The summed E-state index contributed by atoms with van der Waals surface area (Å²) in [4.78, 5) is 15.2. The Kier molecular flexibility index (Phi) is 8.43. The fourth-order valence-corrected chi connectivity index (χ4v) is 7.75. The standard InChI is InChI=1S/C45H34B5N3O/c46-38-36(39(47)41(49)42(50)40(38)48)28-18-20-30(21-19-28)44-51-43(29-10-5-2-6-11-29)52-45(53-44)31-22-23-34-33(24-31)37-32(12-7-13-35(37)54-34)27-16-14-26(15-17-27)25-8-3-1-4-9-25/h1-24H,46-50H2. The van der Waals surface area contributed by atoms with E-state index in [2.05, 4.69) is 130 Å². The fraction of sp³-hybridized carbons (Fsp3) is 0. The van der Waals surface area contributed by atoms with Gasteiger partial charge >= 0.3 is 0 Å². The molecule has 250 valence electrons. The Hall–Kier alpha value is -6.33. The summed E-state index contributed by atoms with van der Waals surface area (Å²) in [7, 11) is 11.1. The maximum Gasteiger partial charge on any atom is 0.164 e. The molecule has 0 atom stereocenters. The molecule has 0 fully saturated rings. The van der Waals surface area contributed by atoms with Gasteiger partial charge in [0.15, 0.2) is 17.5 Å². The summed E-state index contributed by atoms with van der Waals surface area (Å²) in [6.07, 6.45) is 0. The van der Waals surface area contributed by atoms with Crippen molar-refractivity contribution in [3.8, 4) is 67.5 Å². The molecule has 9 aromatic rings. The fourth-order valence-electron chi connectivity index (χ4n) is 7.75. The number of rotatable bonds is 6. The Morgan fingerprint density at radius 3 is 1.44 bits per heavy atom. The molecule has 0 saturated heterocycles. The van der Waals surface area contributed by atoms with Crippen LogP contribution in [-0.2, 0) is 0 Å². The van der Waals surface area contributed by atoms with Gasteiger partial charge in [-0.1, -0.05) is 132 Å². The van der Waals surface area contributed by atoms with Crippen LogP contribution in [-0.4, -0.2) is 54.2 Å². The lowest BCUT2D eigenvalue weighted by Crippen LogP contribution is -2.55. The van der Waals surface area contributed by atoms with Gasteiger partial charge in [-0.2, -0.15) is 0 Å². The van der Waals surface area contributed by atoms with Crippen LogP contribution in [0.5, 0.6) is 0 Å². The van der Waals surface area contributed by atoms with Crippen molar-refractivity contribution >= 4 is 88.5 Å². The molecule has 54 heavy (non-hydrogen) atoms. The summed E-state index contributed by atoms with van der Waals surface area (Å²) in [6, 6.07) is 50.5. The normalized spacial score (nSPS) is 11.3. The summed E-state index contributed by atoms with van der Waals surface area (Å²) in [5.74, 6) is 1.87. The van der Waals surface area contributed by atoms with Crippen LogP contribution in [0.1, 0.15) is 0 Å². The predicted octanol–water partition coefficient (Wildman–Crippen LogP) is 3.07. The van der Waals surface area contributed by atoms with E-state index in [9.17, 15) is 0 Å². The molecule has 4 nitrogen and oxygen atoms in total. The summed E-state index contributed by atoms with van der Waals surface area (Å²) < 4.78 is 6.42. The number of hydrogen-bond donors (Lipinski definition) is 0. The summed E-state index contributed by atoms with van der Waals surface area (Å²) in [5.41, 5.74) is 18.3. The highest BCUT2D eigenvalue weighted by atomic mass is 16.3. The van der Waals surface area contributed by atoms with E-state index in [1.54, 1.807) is 0 Å². The molecule has 0 saturated carbocycles. The summed E-state index contributed by atoms with van der Waals surface area (Å²) in [6.45, 7) is 0. The lowest BCUT2D eigenvalue weighted by molar-refractivity contribution is 0.669. The molecule has 7 aromatic carbocycles. The van der Waals surface area contributed by atoms with Crippen LogP contribution < -0.4 is 27.3 Å². The maximum atomic E-state index is 6.42. The predicted molar refractivity (Wildman–Crippen MR) is 241 cm³/mol. The molecule has 0 N–H and O–H groups in total. The highest BCUT2D eigenvalue weighted by molar-refractivity contribution is 6.68. The minimum Gasteiger partial charge on any atom is -0.456 e. The van der Waals surface area contributed by atoms with Crippen LogP contribution >= 0.6 is 0 Å². The Morgan fingerprint density at radius 1 is 0.352 bits per heavy atom. The van der Waals surface area contributed by atoms with Crippen LogP contribution in [0.2, 0.25) is 0 Å². The molecule has 0 aliphatic rings. The van der Waals surface area contributed by atoms with Crippen LogP contribution in [0, 0.1) is 0 Å². The smallest absolute Gasteiger partial charge is 0.164 e. The molecular weight excluding hydrogens is 653 g/mol. The molecule has 0 aliphatic carbocycles. The van der Waals surface area contributed by atoms with Crippen molar-refractivity contribution < 1.29 is 4.42 Å². The van der Waals surface area contributed by atoms with E-state index in [4.69, 9.17) is 19.4 Å². The molecule has 0 spiro atoms. The van der Waals surface area contributed by atoms with Gasteiger partial charge in [-0.05, 0) is 57.6 Å². The summed E-state index contributed by atoms with van der Waals surface area (Å²) in [5, 5.41) is 2.09. The lowest BCUT2D eigenvalue weighted by atomic mass is 9.59. The molecule has 0 aliphatic heterocycles. The first kappa shape index (κ1) is 33.5. The van der Waals surface area contributed by atoms with Gasteiger partial charge in [0.2, 0.25) is 0 Å². The van der Waals surface area contributed by atoms with Gasteiger partial charge in [0, 0.05) is 27.5 Å². The van der Waals surface area contributed by atoms with Crippen LogP contribution in [0.4, 0.5) is 0 Å². The number of hydrogen-bond acceptors (Lipinski definition) is 4. The van der Waals surface area contributed by atoms with Gasteiger partial charge in [0.25, 0.3) is 0 Å². The van der Waals surface area contributed by atoms with Gasteiger partial charge in [-0.3, -0.25) is 0 Å². The van der Waals surface area contributed by atoms with E-state index >= 15 is 0 Å². The molecule has 9 heteroatoms. The SMILES string of the molecule is Bc1c(B)c(B)c(-c2ccc(-c3nc(-c4ccccc4)nc(-c4ccc5oc6cccc(-c7ccc(-c8ccccc8)cc7)c6c5c4)n3)cc2)c(B)c1B. The van der Waals surface area contributed by atoms with Crippen molar-refractivity contribution in [2.45, 2.75) is 0 Å². The van der Waals surface area contributed by atoms with Crippen LogP contribution in [0.3, 0.4) is 0 Å². The molecular formula is C45H34B5N3O. The van der Waals surface area contributed by atoms with E-state index in [0.717, 1.165) is 49.8 Å². The first-order valence-corrected chi connectivity index (χ1v) is 18.4. The van der Waals surface area contributed by atoms with Crippen molar-refractivity contribution in [2.24, 2.45) is 0 Å². The van der Waals surface area contributed by atoms with Crippen molar-refractivity contribution in [3.05, 3.63) is 146 Å². The first-order chi connectivity index (χ1) is 26.3. The second kappa shape index (κ2) is 13.6. The average Bonchev–Trinajstić information content (AvgIpc) is 3.61. The summed E-state index contributed by atoms with van der Waals surface area (Å²) >= 11 is 0. The van der Waals surface area contributed by atoms with Gasteiger partial charge in [-0.15, -0.1) is 16.4 Å². The second-order valence-electron chi connectivity index (χ2n) is 14.2. The zero-order valence-corrected chi connectivity index (χ0v) is 31.1. The Bertz CT molecular complexity index is 2830. The van der Waals surface area contributed by atoms with Gasteiger partial charge in [0.1, 0.15) is 50.4 Å². The van der Waals surface area contributed by atoms with Gasteiger partial charge in [0.05, 0.1) is 0 Å².